The van der Waals surface area contributed by atoms with Gasteiger partial charge in [0.25, 0.3) is 5.89 Å². The lowest BCUT2D eigenvalue weighted by atomic mass is 10.1. The topological polar surface area (TPSA) is 76.1 Å². The molecular formula is C24H23F2N7O. The van der Waals surface area contributed by atoms with Crippen LogP contribution in [0.25, 0.3) is 22.7 Å². The lowest BCUT2D eigenvalue weighted by molar-refractivity contribution is 0.116. The molecule has 2 aromatic heterocycles. The zero-order valence-corrected chi connectivity index (χ0v) is 18.6. The van der Waals surface area contributed by atoms with Crippen molar-refractivity contribution in [1.29, 1.82) is 0 Å². The van der Waals surface area contributed by atoms with Crippen LogP contribution in [-0.4, -0.2) is 62.3 Å². The number of halogens is 2. The number of likely N-dealkylation sites (tertiary alicyclic amines) is 1. The third kappa shape index (κ3) is 3.83. The molecule has 2 bridgehead atoms. The van der Waals surface area contributed by atoms with Crippen LogP contribution in [0.2, 0.25) is 0 Å². The summed E-state index contributed by atoms with van der Waals surface area (Å²) in [5.41, 5.74) is 4.67. The van der Waals surface area contributed by atoms with Gasteiger partial charge in [-0.1, -0.05) is 29.5 Å². The molecule has 0 unspecified atom stereocenters. The lowest BCUT2D eigenvalue weighted by Crippen LogP contribution is -2.44. The average molecular weight is 463 g/mol. The fourth-order valence-corrected chi connectivity index (χ4v) is 4.91. The Labute approximate surface area is 194 Å². The van der Waals surface area contributed by atoms with Crippen LogP contribution < -0.4 is 4.90 Å². The molecule has 2 aliphatic rings. The largest absolute Gasteiger partial charge is 0.415 e. The third-order valence-corrected chi connectivity index (χ3v) is 6.70. The molecule has 2 fully saturated rings. The van der Waals surface area contributed by atoms with E-state index < -0.39 is 12.3 Å². The SMILES string of the molecule is CN1C[C@@H]2C[C@H]1CN2c1cccc(-c2cn(Cc3ccc(-c4nnc(C(F)F)o4)cc3)nn2)c1. The molecule has 10 heteroatoms. The predicted molar refractivity (Wildman–Crippen MR) is 121 cm³/mol. The van der Waals surface area contributed by atoms with Crippen molar-refractivity contribution in [3.63, 3.8) is 0 Å². The van der Waals surface area contributed by atoms with Gasteiger partial charge in [-0.25, -0.2) is 4.68 Å². The second-order valence-corrected chi connectivity index (χ2v) is 8.93. The smallest absolute Gasteiger partial charge is 0.314 e. The standard InChI is InChI=1S/C24H23F2N7O/c1-31-12-20-10-19(31)13-33(20)18-4-2-3-17(9-18)21-14-32(30-27-21)11-15-5-7-16(8-6-15)23-28-29-24(34-23)22(25)26/h2-9,14,19-20,22H,10-13H2,1H3/t19-,20-/m0/s1. The van der Waals surface area contributed by atoms with Crippen molar-refractivity contribution in [2.75, 3.05) is 25.0 Å². The first kappa shape index (κ1) is 20.9. The van der Waals surface area contributed by atoms with Crippen LogP contribution in [0, 0.1) is 0 Å². The van der Waals surface area contributed by atoms with E-state index >= 15 is 0 Å². The maximum Gasteiger partial charge on any atom is 0.314 e. The van der Waals surface area contributed by atoms with Crippen molar-refractivity contribution in [1.82, 2.24) is 30.1 Å². The second-order valence-electron chi connectivity index (χ2n) is 8.93. The number of fused-ring (bicyclic) bond motifs is 2. The minimum Gasteiger partial charge on any atom is -0.415 e. The molecule has 0 saturated carbocycles. The van der Waals surface area contributed by atoms with E-state index in [0.29, 0.717) is 24.2 Å². The van der Waals surface area contributed by atoms with Crippen LogP contribution in [0.3, 0.4) is 0 Å². The molecule has 0 spiro atoms. The van der Waals surface area contributed by atoms with Gasteiger partial charge < -0.3 is 9.32 Å². The number of likely N-dealkylation sites (N-methyl/N-ethyl adjacent to an activating group) is 1. The van der Waals surface area contributed by atoms with Crippen molar-refractivity contribution >= 4 is 5.69 Å². The third-order valence-electron chi connectivity index (χ3n) is 6.70. The Morgan fingerprint density at radius 1 is 1.00 bits per heavy atom. The maximum absolute atomic E-state index is 12.7. The first-order valence-corrected chi connectivity index (χ1v) is 11.2. The minimum absolute atomic E-state index is 0.0719. The Balaban J connectivity index is 1.15. The highest BCUT2D eigenvalue weighted by Crippen LogP contribution is 2.35. The van der Waals surface area contributed by atoms with Gasteiger partial charge in [-0.15, -0.1) is 15.3 Å². The Bertz CT molecular complexity index is 1300. The van der Waals surface area contributed by atoms with E-state index in [1.165, 1.54) is 12.1 Å². The number of hydrogen-bond donors (Lipinski definition) is 0. The highest BCUT2D eigenvalue weighted by Gasteiger charge is 2.41. The average Bonchev–Trinajstić information content (AvgIpc) is 3.63. The minimum atomic E-state index is -2.78. The summed E-state index contributed by atoms with van der Waals surface area (Å²) in [7, 11) is 2.21. The number of piperazine rings is 1. The zero-order chi connectivity index (χ0) is 23.2. The van der Waals surface area contributed by atoms with Gasteiger partial charge in [0.2, 0.25) is 5.89 Å². The normalized spacial score (nSPS) is 20.1. The summed E-state index contributed by atoms with van der Waals surface area (Å²) in [4.78, 5) is 4.96. The monoisotopic (exact) mass is 463 g/mol. The van der Waals surface area contributed by atoms with E-state index in [1.54, 1.807) is 16.8 Å². The van der Waals surface area contributed by atoms with Gasteiger partial charge in [-0.3, -0.25) is 4.90 Å². The molecule has 0 amide bonds. The molecule has 2 aliphatic heterocycles. The summed E-state index contributed by atoms with van der Waals surface area (Å²) in [5, 5.41) is 15.7. The molecule has 2 saturated heterocycles. The van der Waals surface area contributed by atoms with Crippen LogP contribution in [0.15, 0.2) is 59.1 Å². The van der Waals surface area contributed by atoms with Gasteiger partial charge in [-0.05, 0) is 43.3 Å². The summed E-state index contributed by atoms with van der Waals surface area (Å²) in [6, 6.07) is 17.0. The molecule has 8 nitrogen and oxygen atoms in total. The van der Waals surface area contributed by atoms with Gasteiger partial charge in [0.05, 0.1) is 12.7 Å². The Morgan fingerprint density at radius 3 is 2.56 bits per heavy atom. The molecule has 6 rings (SSSR count). The number of alkyl halides is 2. The first-order chi connectivity index (χ1) is 16.5. The van der Waals surface area contributed by atoms with E-state index in [-0.39, 0.29) is 5.89 Å². The molecule has 2 aromatic carbocycles. The van der Waals surface area contributed by atoms with Crippen molar-refractivity contribution in [3.8, 4) is 22.7 Å². The van der Waals surface area contributed by atoms with Crippen molar-refractivity contribution in [2.45, 2.75) is 31.5 Å². The number of benzene rings is 2. The van der Waals surface area contributed by atoms with Gasteiger partial charge in [0, 0.05) is 42.0 Å². The molecule has 4 heterocycles. The Morgan fingerprint density at radius 2 is 1.85 bits per heavy atom. The molecular weight excluding hydrogens is 440 g/mol. The molecule has 0 radical (unpaired) electrons. The van der Waals surface area contributed by atoms with Crippen molar-refractivity contribution < 1.29 is 13.2 Å². The summed E-state index contributed by atoms with van der Waals surface area (Å²) in [6.07, 6.45) is 0.384. The van der Waals surface area contributed by atoms with Crippen LogP contribution >= 0.6 is 0 Å². The summed E-state index contributed by atoms with van der Waals surface area (Å²) < 4.78 is 32.1. The van der Waals surface area contributed by atoms with E-state index in [9.17, 15) is 8.78 Å². The Hall–Kier alpha value is -3.66. The highest BCUT2D eigenvalue weighted by molar-refractivity contribution is 5.66. The van der Waals surface area contributed by atoms with E-state index in [4.69, 9.17) is 4.42 Å². The van der Waals surface area contributed by atoms with E-state index in [2.05, 4.69) is 61.6 Å². The molecule has 174 valence electrons. The van der Waals surface area contributed by atoms with E-state index in [0.717, 1.165) is 29.9 Å². The second kappa shape index (κ2) is 8.28. The van der Waals surface area contributed by atoms with E-state index in [1.807, 2.05) is 18.3 Å². The fraction of sp³-hybridized carbons (Fsp3) is 0.333. The zero-order valence-electron chi connectivity index (χ0n) is 18.6. The van der Waals surface area contributed by atoms with Crippen LogP contribution in [0.5, 0.6) is 0 Å². The molecule has 0 N–H and O–H groups in total. The number of aromatic nitrogens is 5. The lowest BCUT2D eigenvalue weighted by Gasteiger charge is -2.33. The number of anilines is 1. The van der Waals surface area contributed by atoms with Crippen molar-refractivity contribution in [2.24, 2.45) is 0 Å². The van der Waals surface area contributed by atoms with Gasteiger partial charge in [-0.2, -0.15) is 8.78 Å². The summed E-state index contributed by atoms with van der Waals surface area (Å²) >= 11 is 0. The first-order valence-electron chi connectivity index (χ1n) is 11.2. The Kier molecular flexibility index (Phi) is 5.09. The molecule has 2 atom stereocenters. The van der Waals surface area contributed by atoms with Gasteiger partial charge >= 0.3 is 6.43 Å². The van der Waals surface area contributed by atoms with Crippen LogP contribution in [0.1, 0.15) is 24.3 Å². The number of rotatable bonds is 6. The maximum atomic E-state index is 12.7. The number of hydrogen-bond acceptors (Lipinski definition) is 7. The predicted octanol–water partition coefficient (Wildman–Crippen LogP) is 3.87. The van der Waals surface area contributed by atoms with Gasteiger partial charge in [0.15, 0.2) is 0 Å². The quantitative estimate of drug-likeness (QED) is 0.430. The molecule has 0 aliphatic carbocycles. The fourth-order valence-electron chi connectivity index (χ4n) is 4.91. The molecule has 34 heavy (non-hydrogen) atoms. The number of nitrogens with zero attached hydrogens (tertiary/aromatic N) is 7. The van der Waals surface area contributed by atoms with Crippen LogP contribution in [-0.2, 0) is 6.54 Å². The summed E-state index contributed by atoms with van der Waals surface area (Å²) in [6.45, 7) is 2.71. The van der Waals surface area contributed by atoms with Crippen LogP contribution in [0.4, 0.5) is 14.5 Å². The molecule has 4 aromatic rings. The highest BCUT2D eigenvalue weighted by atomic mass is 19.3. The van der Waals surface area contributed by atoms with Gasteiger partial charge in [0.1, 0.15) is 5.69 Å². The summed E-state index contributed by atoms with van der Waals surface area (Å²) in [5.74, 6) is -0.606. The van der Waals surface area contributed by atoms with Crippen molar-refractivity contribution in [3.05, 3.63) is 66.2 Å².